The van der Waals surface area contributed by atoms with Crippen molar-refractivity contribution in [3.63, 3.8) is 0 Å². The maximum atomic E-state index is 12.1. The SMILES string of the molecule is C/C(N=N)=C1/NCCC(Nc2cccc(S(C)(=O)=O)c2)c2cc(C3=CCN(C4CCC4)CC3)ccc21. The van der Waals surface area contributed by atoms with E-state index in [0.717, 1.165) is 54.5 Å². The van der Waals surface area contributed by atoms with Gasteiger partial charge in [0, 0.05) is 43.2 Å². The molecule has 1 aliphatic carbocycles. The molecule has 190 valence electrons. The number of fused-ring (bicyclic) bond motifs is 1. The molecule has 1 saturated carbocycles. The van der Waals surface area contributed by atoms with Gasteiger partial charge < -0.3 is 10.6 Å². The van der Waals surface area contributed by atoms with Crippen molar-refractivity contribution in [2.45, 2.75) is 56.0 Å². The number of benzene rings is 2. The average molecular weight is 506 g/mol. The smallest absolute Gasteiger partial charge is 0.175 e. The number of nitrogens with one attached hydrogen (secondary N) is 3. The molecule has 7 nitrogen and oxygen atoms in total. The molecule has 0 bridgehead atoms. The van der Waals surface area contributed by atoms with Gasteiger partial charge in [-0.3, -0.25) is 4.90 Å². The van der Waals surface area contributed by atoms with Crippen molar-refractivity contribution >= 4 is 26.8 Å². The number of allylic oxidation sites excluding steroid dienone is 1. The Kier molecular flexibility index (Phi) is 6.99. The lowest BCUT2D eigenvalue weighted by Gasteiger charge is -2.39. The minimum Gasteiger partial charge on any atom is -0.383 e. The van der Waals surface area contributed by atoms with Gasteiger partial charge >= 0.3 is 0 Å². The van der Waals surface area contributed by atoms with Gasteiger partial charge in [0.25, 0.3) is 0 Å². The summed E-state index contributed by atoms with van der Waals surface area (Å²) < 4.78 is 24.2. The van der Waals surface area contributed by atoms with Crippen LogP contribution in [0.2, 0.25) is 0 Å². The number of hydrogen-bond acceptors (Lipinski definition) is 7. The highest BCUT2D eigenvalue weighted by Gasteiger charge is 2.27. The highest BCUT2D eigenvalue weighted by Crippen LogP contribution is 2.37. The molecule has 0 saturated heterocycles. The predicted molar refractivity (Wildman–Crippen MR) is 145 cm³/mol. The van der Waals surface area contributed by atoms with E-state index >= 15 is 0 Å². The lowest BCUT2D eigenvalue weighted by molar-refractivity contribution is 0.141. The molecule has 2 aromatic rings. The summed E-state index contributed by atoms with van der Waals surface area (Å²) in [5, 5.41) is 10.8. The lowest BCUT2D eigenvalue weighted by Crippen LogP contribution is -2.42. The van der Waals surface area contributed by atoms with Crippen LogP contribution in [0.5, 0.6) is 0 Å². The van der Waals surface area contributed by atoms with E-state index in [2.05, 4.69) is 44.9 Å². The van der Waals surface area contributed by atoms with Crippen LogP contribution in [0.25, 0.3) is 11.3 Å². The fourth-order valence-electron chi connectivity index (χ4n) is 5.45. The highest BCUT2D eigenvalue weighted by molar-refractivity contribution is 7.90. The number of anilines is 1. The van der Waals surface area contributed by atoms with E-state index in [-0.39, 0.29) is 6.04 Å². The Bertz CT molecular complexity index is 1330. The molecule has 2 heterocycles. The third-order valence-electron chi connectivity index (χ3n) is 7.77. The third kappa shape index (κ3) is 5.11. The van der Waals surface area contributed by atoms with Crippen LogP contribution >= 0.6 is 0 Å². The zero-order valence-electron chi connectivity index (χ0n) is 21.0. The molecule has 3 aliphatic rings. The molecule has 1 fully saturated rings. The number of rotatable bonds is 6. The van der Waals surface area contributed by atoms with Crippen molar-refractivity contribution in [1.29, 1.82) is 5.53 Å². The Hall–Kier alpha value is -2.97. The van der Waals surface area contributed by atoms with E-state index in [1.54, 1.807) is 18.2 Å². The summed E-state index contributed by atoms with van der Waals surface area (Å²) in [5.41, 5.74) is 14.7. The van der Waals surface area contributed by atoms with Crippen molar-refractivity contribution in [2.24, 2.45) is 5.11 Å². The topological polar surface area (TPSA) is 97.6 Å². The molecule has 0 aromatic heterocycles. The third-order valence-corrected chi connectivity index (χ3v) is 8.88. The van der Waals surface area contributed by atoms with Gasteiger partial charge in [-0.15, -0.1) is 0 Å². The van der Waals surface area contributed by atoms with Crippen LogP contribution in [-0.2, 0) is 9.84 Å². The first-order chi connectivity index (χ1) is 17.3. The first-order valence-corrected chi connectivity index (χ1v) is 14.7. The summed E-state index contributed by atoms with van der Waals surface area (Å²) in [4.78, 5) is 2.92. The minimum atomic E-state index is -3.29. The Morgan fingerprint density at radius 1 is 1.17 bits per heavy atom. The molecular weight excluding hydrogens is 470 g/mol. The molecule has 3 N–H and O–H groups in total. The second-order valence-corrected chi connectivity index (χ2v) is 12.2. The zero-order valence-corrected chi connectivity index (χ0v) is 21.9. The van der Waals surface area contributed by atoms with E-state index in [9.17, 15) is 8.42 Å². The zero-order chi connectivity index (χ0) is 25.3. The fourth-order valence-corrected chi connectivity index (χ4v) is 6.11. The van der Waals surface area contributed by atoms with Crippen molar-refractivity contribution < 1.29 is 8.42 Å². The van der Waals surface area contributed by atoms with E-state index in [1.807, 2.05) is 13.0 Å². The van der Waals surface area contributed by atoms with Crippen LogP contribution in [-0.4, -0.2) is 45.2 Å². The molecule has 1 unspecified atom stereocenters. The number of sulfone groups is 1. The van der Waals surface area contributed by atoms with Crippen molar-refractivity contribution in [3.8, 4) is 0 Å². The second kappa shape index (κ2) is 10.2. The summed E-state index contributed by atoms with van der Waals surface area (Å²) in [6, 6.07) is 14.4. The van der Waals surface area contributed by atoms with Crippen molar-refractivity contribution in [1.82, 2.24) is 10.2 Å². The Labute approximate surface area is 214 Å². The standard InChI is InChI=1S/C28H35N5O2S/c1-19(32-29)28-25-10-9-21(20-12-15-33(16-13-20)23-6-4-7-23)17-26(25)27(11-14-30-28)31-22-5-3-8-24(18-22)36(2,34)35/h3,5,8-10,12,17-18,23,27,29-31H,4,6-7,11,13-16H2,1-2H3/b28-19-,32-29?. The maximum absolute atomic E-state index is 12.1. The molecule has 2 aliphatic heterocycles. The molecule has 36 heavy (non-hydrogen) atoms. The summed E-state index contributed by atoms with van der Waals surface area (Å²) in [6.07, 6.45) is 9.50. The second-order valence-electron chi connectivity index (χ2n) is 10.1. The Morgan fingerprint density at radius 2 is 2.00 bits per heavy atom. The summed E-state index contributed by atoms with van der Waals surface area (Å²) >= 11 is 0. The Morgan fingerprint density at radius 3 is 2.67 bits per heavy atom. The molecule has 1 atom stereocenters. The van der Waals surface area contributed by atoms with Gasteiger partial charge in [-0.2, -0.15) is 5.11 Å². The molecule has 0 amide bonds. The fraction of sp³-hybridized carbons (Fsp3) is 0.429. The van der Waals surface area contributed by atoms with Crippen LogP contribution < -0.4 is 10.6 Å². The first kappa shape index (κ1) is 24.7. The van der Waals surface area contributed by atoms with E-state index in [1.165, 1.54) is 36.7 Å². The van der Waals surface area contributed by atoms with Gasteiger partial charge in [0.1, 0.15) is 0 Å². The number of hydrogen-bond donors (Lipinski definition) is 3. The lowest BCUT2D eigenvalue weighted by atomic mass is 9.88. The van der Waals surface area contributed by atoms with Crippen LogP contribution in [0, 0.1) is 5.53 Å². The number of nitrogens with zero attached hydrogens (tertiary/aromatic N) is 2. The maximum Gasteiger partial charge on any atom is 0.175 e. The Balaban J connectivity index is 1.50. The molecule has 5 rings (SSSR count). The van der Waals surface area contributed by atoms with Crippen LogP contribution in [0.4, 0.5) is 5.69 Å². The largest absolute Gasteiger partial charge is 0.383 e. The van der Waals surface area contributed by atoms with E-state index < -0.39 is 9.84 Å². The normalized spacial score (nSPS) is 22.4. The van der Waals surface area contributed by atoms with Crippen LogP contribution in [0.3, 0.4) is 0 Å². The monoisotopic (exact) mass is 505 g/mol. The van der Waals surface area contributed by atoms with Gasteiger partial charge in [0.15, 0.2) is 9.84 Å². The highest BCUT2D eigenvalue weighted by atomic mass is 32.2. The van der Waals surface area contributed by atoms with Crippen molar-refractivity contribution in [3.05, 3.63) is 70.9 Å². The van der Waals surface area contributed by atoms with E-state index in [0.29, 0.717) is 17.1 Å². The molecule has 8 heteroatoms. The van der Waals surface area contributed by atoms with E-state index in [4.69, 9.17) is 5.53 Å². The van der Waals surface area contributed by atoms with Gasteiger partial charge in [0.05, 0.1) is 22.3 Å². The average Bonchev–Trinajstić information content (AvgIpc) is 3.02. The van der Waals surface area contributed by atoms with Crippen molar-refractivity contribution in [2.75, 3.05) is 31.2 Å². The summed E-state index contributed by atoms with van der Waals surface area (Å²) in [7, 11) is -3.29. The molecular formula is C28H35N5O2S. The van der Waals surface area contributed by atoms with Crippen LogP contribution in [0.15, 0.2) is 64.2 Å². The van der Waals surface area contributed by atoms with Crippen LogP contribution in [0.1, 0.15) is 61.8 Å². The summed E-state index contributed by atoms with van der Waals surface area (Å²) in [5.74, 6) is 0. The van der Waals surface area contributed by atoms with Gasteiger partial charge in [0.2, 0.25) is 0 Å². The summed E-state index contributed by atoms with van der Waals surface area (Å²) in [6.45, 7) is 4.70. The van der Waals surface area contributed by atoms with Gasteiger partial charge in [-0.1, -0.05) is 30.7 Å². The quantitative estimate of drug-likeness (QED) is 0.444. The molecule has 2 aromatic carbocycles. The minimum absolute atomic E-state index is 0.0195. The predicted octanol–water partition coefficient (Wildman–Crippen LogP) is 5.60. The molecule has 0 spiro atoms. The molecule has 0 radical (unpaired) electrons. The first-order valence-electron chi connectivity index (χ1n) is 12.8. The van der Waals surface area contributed by atoms with Gasteiger partial charge in [-0.05, 0) is 73.6 Å². The van der Waals surface area contributed by atoms with Gasteiger partial charge in [-0.25, -0.2) is 13.9 Å².